The number of aryl methyl sites for hydroxylation is 2. The van der Waals surface area contributed by atoms with Crippen molar-refractivity contribution in [1.29, 1.82) is 0 Å². The van der Waals surface area contributed by atoms with Gasteiger partial charge >= 0.3 is 0 Å². The Hall–Kier alpha value is -1.34. The molecule has 1 aromatic rings. The summed E-state index contributed by atoms with van der Waals surface area (Å²) < 4.78 is 0. The van der Waals surface area contributed by atoms with Gasteiger partial charge in [-0.3, -0.25) is 14.5 Å². The van der Waals surface area contributed by atoms with E-state index >= 15 is 0 Å². The van der Waals surface area contributed by atoms with Crippen molar-refractivity contribution in [3.05, 3.63) is 29.3 Å². The molecule has 0 atom stereocenters. The van der Waals surface area contributed by atoms with Crippen LogP contribution in [0.1, 0.15) is 17.5 Å². The number of anilines is 1. The summed E-state index contributed by atoms with van der Waals surface area (Å²) in [7, 11) is 1.85. The van der Waals surface area contributed by atoms with Crippen LogP contribution in [0.5, 0.6) is 0 Å². The van der Waals surface area contributed by atoms with Gasteiger partial charge in [0, 0.05) is 44.8 Å². The van der Waals surface area contributed by atoms with Crippen molar-refractivity contribution in [1.82, 2.24) is 15.1 Å². The molecule has 0 spiro atoms. The van der Waals surface area contributed by atoms with Crippen LogP contribution in [0.15, 0.2) is 18.2 Å². The van der Waals surface area contributed by atoms with Gasteiger partial charge in [0.1, 0.15) is 0 Å². The zero-order valence-corrected chi connectivity index (χ0v) is 17.3. The highest BCUT2D eigenvalue weighted by atomic mass is 35.5. The molecule has 148 valence electrons. The summed E-state index contributed by atoms with van der Waals surface area (Å²) in [5.41, 5.74) is 3.05. The van der Waals surface area contributed by atoms with Gasteiger partial charge < -0.3 is 15.5 Å². The van der Waals surface area contributed by atoms with Crippen molar-refractivity contribution in [3.63, 3.8) is 0 Å². The summed E-state index contributed by atoms with van der Waals surface area (Å²) in [6, 6.07) is 5.99. The third kappa shape index (κ3) is 7.11. The van der Waals surface area contributed by atoms with Crippen LogP contribution in [-0.2, 0) is 9.59 Å². The molecule has 0 aromatic heterocycles. The van der Waals surface area contributed by atoms with Gasteiger partial charge in [0.25, 0.3) is 0 Å². The molecule has 0 saturated carbocycles. The minimum absolute atomic E-state index is 0. The molecule has 1 aliphatic heterocycles. The van der Waals surface area contributed by atoms with Crippen molar-refractivity contribution in [3.8, 4) is 0 Å². The minimum Gasteiger partial charge on any atom is -0.340 e. The third-order valence-corrected chi connectivity index (χ3v) is 4.43. The monoisotopic (exact) mass is 404 g/mol. The normalized spacial score (nSPS) is 14.2. The Morgan fingerprint density at radius 3 is 2.15 bits per heavy atom. The molecule has 0 radical (unpaired) electrons. The summed E-state index contributed by atoms with van der Waals surface area (Å²) in [6.07, 6.45) is 0.531. The highest BCUT2D eigenvalue weighted by Crippen LogP contribution is 2.19. The van der Waals surface area contributed by atoms with Gasteiger partial charge in [-0.05, 0) is 32.0 Å². The van der Waals surface area contributed by atoms with E-state index in [1.165, 1.54) is 0 Å². The summed E-state index contributed by atoms with van der Waals surface area (Å²) in [4.78, 5) is 28.3. The van der Waals surface area contributed by atoms with E-state index in [1.807, 2.05) is 44.0 Å². The molecule has 1 saturated heterocycles. The number of halogens is 2. The van der Waals surface area contributed by atoms with Crippen LogP contribution >= 0.6 is 24.8 Å². The largest absolute Gasteiger partial charge is 0.340 e. The Kier molecular flexibility index (Phi) is 11.5. The summed E-state index contributed by atoms with van der Waals surface area (Å²) in [5.74, 6) is 0.186. The molecule has 26 heavy (non-hydrogen) atoms. The average molecular weight is 405 g/mol. The Balaban J connectivity index is 0.00000312. The van der Waals surface area contributed by atoms with Crippen LogP contribution in [0.4, 0.5) is 5.69 Å². The van der Waals surface area contributed by atoms with Crippen LogP contribution in [0, 0.1) is 13.8 Å². The zero-order chi connectivity index (χ0) is 17.5. The number of amides is 2. The molecule has 0 bridgehead atoms. The third-order valence-electron chi connectivity index (χ3n) is 4.43. The quantitative estimate of drug-likeness (QED) is 0.758. The number of rotatable bonds is 6. The number of benzene rings is 1. The van der Waals surface area contributed by atoms with Crippen molar-refractivity contribution >= 4 is 42.3 Å². The number of hydrogen-bond donors (Lipinski definition) is 2. The van der Waals surface area contributed by atoms with E-state index in [9.17, 15) is 9.59 Å². The average Bonchev–Trinajstić information content (AvgIpc) is 2.57. The topological polar surface area (TPSA) is 64.7 Å². The number of piperazine rings is 1. The van der Waals surface area contributed by atoms with E-state index in [4.69, 9.17) is 0 Å². The lowest BCUT2D eigenvalue weighted by Crippen LogP contribution is -2.50. The van der Waals surface area contributed by atoms with Gasteiger partial charge in [-0.1, -0.05) is 18.2 Å². The Labute approximate surface area is 168 Å². The molecule has 8 heteroatoms. The van der Waals surface area contributed by atoms with E-state index in [2.05, 4.69) is 15.5 Å². The second-order valence-corrected chi connectivity index (χ2v) is 6.33. The molecule has 1 aromatic carbocycles. The second-order valence-electron chi connectivity index (χ2n) is 6.33. The molecular weight excluding hydrogens is 375 g/mol. The number of nitrogens with one attached hydrogen (secondary N) is 2. The molecule has 2 rings (SSSR count). The van der Waals surface area contributed by atoms with Gasteiger partial charge in [0.05, 0.1) is 6.54 Å². The molecule has 6 nitrogen and oxygen atoms in total. The Morgan fingerprint density at radius 1 is 1.04 bits per heavy atom. The van der Waals surface area contributed by atoms with E-state index in [-0.39, 0.29) is 36.6 Å². The lowest BCUT2D eigenvalue weighted by Gasteiger charge is -2.34. The van der Waals surface area contributed by atoms with Gasteiger partial charge in [-0.2, -0.15) is 0 Å². The molecule has 0 aliphatic carbocycles. The Bertz CT molecular complexity index is 570. The first-order chi connectivity index (χ1) is 11.5. The molecular formula is C18H30Cl2N4O2. The SMILES string of the molecule is CNCCC(=O)N1CCN(CC(=O)Nc2c(C)cccc2C)CC1.Cl.Cl. The maximum atomic E-state index is 12.3. The fraction of sp³-hybridized carbons (Fsp3) is 0.556. The predicted octanol–water partition coefficient (Wildman–Crippen LogP) is 1.84. The molecule has 2 N–H and O–H groups in total. The molecule has 1 fully saturated rings. The van der Waals surface area contributed by atoms with Crippen LogP contribution in [0.2, 0.25) is 0 Å². The predicted molar refractivity (Wildman–Crippen MR) is 111 cm³/mol. The van der Waals surface area contributed by atoms with E-state index in [0.29, 0.717) is 32.6 Å². The van der Waals surface area contributed by atoms with Crippen LogP contribution in [0.3, 0.4) is 0 Å². The summed E-state index contributed by atoms with van der Waals surface area (Å²) in [6.45, 7) is 7.94. The first kappa shape index (κ1) is 24.7. The molecule has 1 aliphatic rings. The van der Waals surface area contributed by atoms with Gasteiger partial charge in [0.15, 0.2) is 0 Å². The fourth-order valence-corrected chi connectivity index (χ4v) is 2.94. The lowest BCUT2D eigenvalue weighted by atomic mass is 10.1. The number of carbonyl (C=O) groups is 2. The van der Waals surface area contributed by atoms with Crippen molar-refractivity contribution in [2.75, 3.05) is 51.6 Å². The van der Waals surface area contributed by atoms with Crippen LogP contribution < -0.4 is 10.6 Å². The summed E-state index contributed by atoms with van der Waals surface area (Å²) in [5, 5.41) is 6.01. The first-order valence-electron chi connectivity index (χ1n) is 8.52. The molecule has 1 heterocycles. The van der Waals surface area contributed by atoms with E-state index in [1.54, 1.807) is 0 Å². The van der Waals surface area contributed by atoms with Gasteiger partial charge in [-0.25, -0.2) is 0 Å². The Morgan fingerprint density at radius 2 is 1.62 bits per heavy atom. The zero-order valence-electron chi connectivity index (χ0n) is 15.7. The number of para-hydroxylation sites is 1. The molecule has 2 amide bonds. The number of hydrogen-bond acceptors (Lipinski definition) is 4. The van der Waals surface area contributed by atoms with Crippen molar-refractivity contribution in [2.45, 2.75) is 20.3 Å². The second kappa shape index (κ2) is 12.1. The molecule has 0 unspecified atom stereocenters. The minimum atomic E-state index is 0. The van der Waals surface area contributed by atoms with Crippen LogP contribution in [-0.4, -0.2) is 67.9 Å². The number of carbonyl (C=O) groups excluding carboxylic acids is 2. The maximum absolute atomic E-state index is 12.3. The maximum Gasteiger partial charge on any atom is 0.238 e. The standard InChI is InChI=1S/C18H28N4O2.2ClH/c1-14-5-4-6-15(2)18(14)20-16(23)13-21-9-11-22(12-10-21)17(24)7-8-19-3;;/h4-6,19H,7-13H2,1-3H3,(H,20,23);2*1H. The highest BCUT2D eigenvalue weighted by molar-refractivity contribution is 5.93. The van der Waals surface area contributed by atoms with E-state index in [0.717, 1.165) is 29.9 Å². The first-order valence-corrected chi connectivity index (χ1v) is 8.52. The lowest BCUT2D eigenvalue weighted by molar-refractivity contribution is -0.133. The summed E-state index contributed by atoms with van der Waals surface area (Å²) >= 11 is 0. The fourth-order valence-electron chi connectivity index (χ4n) is 2.94. The van der Waals surface area contributed by atoms with Crippen LogP contribution in [0.25, 0.3) is 0 Å². The van der Waals surface area contributed by atoms with Crippen molar-refractivity contribution in [2.24, 2.45) is 0 Å². The van der Waals surface area contributed by atoms with Gasteiger partial charge in [0.2, 0.25) is 11.8 Å². The highest BCUT2D eigenvalue weighted by Gasteiger charge is 2.22. The van der Waals surface area contributed by atoms with E-state index < -0.39 is 0 Å². The van der Waals surface area contributed by atoms with Crippen molar-refractivity contribution < 1.29 is 9.59 Å². The smallest absolute Gasteiger partial charge is 0.238 e. The number of nitrogens with zero attached hydrogens (tertiary/aromatic N) is 2. The van der Waals surface area contributed by atoms with Gasteiger partial charge in [-0.15, -0.1) is 24.8 Å².